The van der Waals surface area contributed by atoms with Gasteiger partial charge in [-0.05, 0) is 13.3 Å². The third kappa shape index (κ3) is 1.59. The normalized spacial score (nSPS) is 34.8. The molecule has 1 N–H and O–H groups in total. The van der Waals surface area contributed by atoms with E-state index in [0.717, 1.165) is 12.0 Å². The van der Waals surface area contributed by atoms with Crippen molar-refractivity contribution in [1.29, 1.82) is 0 Å². The van der Waals surface area contributed by atoms with Crippen molar-refractivity contribution >= 4 is 18.0 Å². The van der Waals surface area contributed by atoms with Crippen LogP contribution >= 0.6 is 12.0 Å². The summed E-state index contributed by atoms with van der Waals surface area (Å²) in [6.07, 6.45) is 0.719. The molecule has 9 heavy (non-hydrogen) atoms. The third-order valence-corrected chi connectivity index (χ3v) is 2.22. The number of aliphatic carboxylic acids is 1. The lowest BCUT2D eigenvalue weighted by molar-refractivity contribution is -0.136. The zero-order chi connectivity index (χ0) is 6.85. The van der Waals surface area contributed by atoms with Crippen LogP contribution in [0.1, 0.15) is 13.3 Å². The van der Waals surface area contributed by atoms with Crippen molar-refractivity contribution < 1.29 is 14.1 Å². The summed E-state index contributed by atoms with van der Waals surface area (Å²) in [6, 6.07) is 0. The van der Waals surface area contributed by atoms with E-state index >= 15 is 0 Å². The summed E-state index contributed by atoms with van der Waals surface area (Å²) in [5, 5.41) is 8.08. The average molecular weight is 148 g/mol. The number of carboxylic acids is 1. The molecule has 0 aromatic carbocycles. The van der Waals surface area contributed by atoms with Gasteiger partial charge in [-0.3, -0.25) is 4.79 Å². The lowest BCUT2D eigenvalue weighted by Crippen LogP contribution is -2.13. The van der Waals surface area contributed by atoms with Crippen LogP contribution < -0.4 is 0 Å². The summed E-state index contributed by atoms with van der Waals surface area (Å²) in [4.78, 5) is 10.2. The zero-order valence-electron chi connectivity index (χ0n) is 5.03. The van der Waals surface area contributed by atoms with Crippen LogP contribution in [0.3, 0.4) is 0 Å². The van der Waals surface area contributed by atoms with Crippen molar-refractivity contribution in [2.45, 2.75) is 24.7 Å². The van der Waals surface area contributed by atoms with Gasteiger partial charge in [-0.15, -0.1) is 0 Å². The van der Waals surface area contributed by atoms with Gasteiger partial charge in [-0.25, -0.2) is 0 Å². The second-order valence-corrected chi connectivity index (χ2v) is 3.02. The Morgan fingerprint density at radius 2 is 2.56 bits per heavy atom. The van der Waals surface area contributed by atoms with E-state index in [4.69, 9.17) is 9.29 Å². The average Bonchev–Trinajstić information content (AvgIpc) is 2.14. The molecular weight excluding hydrogens is 140 g/mol. The van der Waals surface area contributed by atoms with Crippen LogP contribution in [-0.4, -0.2) is 22.4 Å². The maximum Gasteiger partial charge on any atom is 0.319 e. The molecule has 2 unspecified atom stereocenters. The van der Waals surface area contributed by atoms with E-state index in [2.05, 4.69) is 0 Å². The van der Waals surface area contributed by atoms with Crippen LogP contribution in [-0.2, 0) is 8.98 Å². The SMILES string of the molecule is CC1CC(C(=O)O)SO1. The van der Waals surface area contributed by atoms with E-state index < -0.39 is 5.97 Å². The van der Waals surface area contributed by atoms with Gasteiger partial charge in [-0.2, -0.15) is 0 Å². The van der Waals surface area contributed by atoms with Gasteiger partial charge in [0.1, 0.15) is 5.25 Å². The Hall–Kier alpha value is -0.220. The topological polar surface area (TPSA) is 46.5 Å². The van der Waals surface area contributed by atoms with Crippen LogP contribution in [0.5, 0.6) is 0 Å². The molecule has 1 heterocycles. The minimum atomic E-state index is -0.774. The second kappa shape index (κ2) is 2.58. The zero-order valence-corrected chi connectivity index (χ0v) is 5.85. The summed E-state index contributed by atoms with van der Waals surface area (Å²) >= 11 is 1.06. The van der Waals surface area contributed by atoms with Gasteiger partial charge in [0, 0.05) is 12.0 Å². The number of carboxylic acid groups (broad SMARTS) is 1. The highest BCUT2D eigenvalue weighted by Crippen LogP contribution is 2.29. The van der Waals surface area contributed by atoms with Crippen molar-refractivity contribution in [3.63, 3.8) is 0 Å². The minimum Gasteiger partial charge on any atom is -0.480 e. The summed E-state index contributed by atoms with van der Waals surface area (Å²) < 4.78 is 4.96. The molecule has 0 aliphatic carbocycles. The van der Waals surface area contributed by atoms with E-state index in [1.807, 2.05) is 6.92 Å². The predicted octanol–water partition coefficient (Wildman–Crippen LogP) is 0.897. The predicted molar refractivity (Wildman–Crippen MR) is 34.2 cm³/mol. The van der Waals surface area contributed by atoms with E-state index in [9.17, 15) is 4.79 Å². The first-order chi connectivity index (χ1) is 4.20. The standard InChI is InChI=1S/C5H8O3S/c1-3-2-4(5(6)7)9-8-3/h3-4H,2H2,1H3,(H,6,7). The highest BCUT2D eigenvalue weighted by atomic mass is 32.2. The van der Waals surface area contributed by atoms with E-state index in [-0.39, 0.29) is 11.4 Å². The molecular formula is C5H8O3S. The van der Waals surface area contributed by atoms with E-state index in [1.165, 1.54) is 0 Å². The molecule has 0 spiro atoms. The Morgan fingerprint density at radius 1 is 1.89 bits per heavy atom. The molecule has 0 aromatic heterocycles. The van der Waals surface area contributed by atoms with Crippen LogP contribution in [0, 0.1) is 0 Å². The molecule has 1 rings (SSSR count). The maximum absolute atomic E-state index is 10.2. The Balaban J connectivity index is 2.39. The largest absolute Gasteiger partial charge is 0.480 e. The van der Waals surface area contributed by atoms with Crippen molar-refractivity contribution in [3.05, 3.63) is 0 Å². The summed E-state index contributed by atoms with van der Waals surface area (Å²) in [6.45, 7) is 1.87. The fourth-order valence-corrected chi connectivity index (χ4v) is 1.52. The first-order valence-corrected chi connectivity index (χ1v) is 3.55. The van der Waals surface area contributed by atoms with Gasteiger partial charge < -0.3 is 9.29 Å². The Kier molecular flexibility index (Phi) is 1.97. The molecule has 0 bridgehead atoms. The first-order valence-electron chi connectivity index (χ1n) is 2.75. The Morgan fingerprint density at radius 3 is 2.78 bits per heavy atom. The molecule has 3 nitrogen and oxygen atoms in total. The van der Waals surface area contributed by atoms with Gasteiger partial charge in [0.2, 0.25) is 0 Å². The molecule has 1 aliphatic heterocycles. The van der Waals surface area contributed by atoms with Crippen molar-refractivity contribution in [3.8, 4) is 0 Å². The lowest BCUT2D eigenvalue weighted by atomic mass is 10.2. The van der Waals surface area contributed by atoms with Gasteiger partial charge in [-0.1, -0.05) is 0 Å². The summed E-state index contributed by atoms with van der Waals surface area (Å²) in [5.41, 5.74) is 0. The number of carbonyl (C=O) groups is 1. The summed E-state index contributed by atoms with van der Waals surface area (Å²) in [5.74, 6) is -0.774. The molecule has 0 radical (unpaired) electrons. The Bertz CT molecular complexity index is 125. The smallest absolute Gasteiger partial charge is 0.319 e. The quantitative estimate of drug-likeness (QED) is 0.561. The maximum atomic E-state index is 10.2. The number of hydrogen-bond acceptors (Lipinski definition) is 3. The van der Waals surface area contributed by atoms with E-state index in [0.29, 0.717) is 6.42 Å². The molecule has 2 atom stereocenters. The minimum absolute atomic E-state index is 0.0936. The van der Waals surface area contributed by atoms with Gasteiger partial charge >= 0.3 is 5.97 Å². The van der Waals surface area contributed by atoms with Crippen LogP contribution in [0.4, 0.5) is 0 Å². The fraction of sp³-hybridized carbons (Fsp3) is 0.800. The number of rotatable bonds is 1. The third-order valence-electron chi connectivity index (χ3n) is 1.16. The summed E-state index contributed by atoms with van der Waals surface area (Å²) in [7, 11) is 0. The van der Waals surface area contributed by atoms with Gasteiger partial charge in [0.05, 0.1) is 6.10 Å². The molecule has 1 aliphatic rings. The molecule has 4 heteroatoms. The molecule has 0 saturated carbocycles. The first kappa shape index (κ1) is 6.89. The van der Waals surface area contributed by atoms with Gasteiger partial charge in [0.25, 0.3) is 0 Å². The van der Waals surface area contributed by atoms with Crippen molar-refractivity contribution in [2.75, 3.05) is 0 Å². The lowest BCUT2D eigenvalue weighted by Gasteiger charge is -1.94. The fourth-order valence-electron chi connectivity index (χ4n) is 0.684. The van der Waals surface area contributed by atoms with Crippen LogP contribution in [0.15, 0.2) is 0 Å². The van der Waals surface area contributed by atoms with Crippen LogP contribution in [0.25, 0.3) is 0 Å². The highest BCUT2D eigenvalue weighted by Gasteiger charge is 2.29. The monoisotopic (exact) mass is 148 g/mol. The molecule has 52 valence electrons. The second-order valence-electron chi connectivity index (χ2n) is 2.07. The Labute approximate surface area is 57.6 Å². The van der Waals surface area contributed by atoms with Crippen molar-refractivity contribution in [2.24, 2.45) is 0 Å². The van der Waals surface area contributed by atoms with E-state index in [1.54, 1.807) is 0 Å². The number of hydrogen-bond donors (Lipinski definition) is 1. The molecule has 0 amide bonds. The molecule has 1 fully saturated rings. The van der Waals surface area contributed by atoms with Crippen molar-refractivity contribution in [1.82, 2.24) is 0 Å². The molecule has 1 saturated heterocycles. The highest BCUT2D eigenvalue weighted by molar-refractivity contribution is 7.96. The molecule has 0 aromatic rings. The van der Waals surface area contributed by atoms with Gasteiger partial charge in [0.15, 0.2) is 0 Å². The van der Waals surface area contributed by atoms with Crippen LogP contribution in [0.2, 0.25) is 0 Å².